The molecule has 2 aromatic rings. The number of benzene rings is 1. The monoisotopic (exact) mass is 306 g/mol. The van der Waals surface area contributed by atoms with E-state index in [4.69, 9.17) is 9.84 Å². The zero-order valence-corrected chi connectivity index (χ0v) is 12.4. The largest absolute Gasteiger partial charge is 0.494 e. The molecule has 2 N–H and O–H groups in total. The lowest BCUT2D eigenvalue weighted by Crippen LogP contribution is -2.17. The van der Waals surface area contributed by atoms with Gasteiger partial charge in [-0.05, 0) is 19.4 Å². The molecule has 1 aromatic heterocycles. The predicted octanol–water partition coefficient (Wildman–Crippen LogP) is 2.27. The number of methoxy groups -OCH3 is 1. The summed E-state index contributed by atoms with van der Waals surface area (Å²) in [5.74, 6) is -1.69. The van der Waals surface area contributed by atoms with Crippen molar-refractivity contribution in [1.29, 1.82) is 0 Å². The van der Waals surface area contributed by atoms with Gasteiger partial charge in [-0.25, -0.2) is 4.98 Å². The van der Waals surface area contributed by atoms with Crippen molar-refractivity contribution in [3.63, 3.8) is 0 Å². The Bertz CT molecular complexity index is 740. The number of thiazole rings is 1. The number of nitrogens with zero attached hydrogens (tertiary/aromatic N) is 1. The van der Waals surface area contributed by atoms with Gasteiger partial charge in [0.25, 0.3) is 0 Å². The molecule has 0 saturated heterocycles. The van der Waals surface area contributed by atoms with E-state index in [-0.39, 0.29) is 5.91 Å². The molecular weight excluding hydrogens is 292 g/mol. The lowest BCUT2D eigenvalue weighted by Gasteiger charge is -2.10. The number of aromatic nitrogens is 1. The van der Waals surface area contributed by atoms with Crippen LogP contribution in [0, 0.1) is 18.8 Å². The summed E-state index contributed by atoms with van der Waals surface area (Å²) in [6.45, 7) is 1.91. The zero-order valence-electron chi connectivity index (χ0n) is 11.5. The van der Waals surface area contributed by atoms with E-state index < -0.39 is 17.8 Å². The fourth-order valence-corrected chi connectivity index (χ4v) is 3.17. The molecule has 3 rings (SSSR count). The zero-order chi connectivity index (χ0) is 15.1. The molecule has 1 saturated carbocycles. The van der Waals surface area contributed by atoms with Crippen LogP contribution in [0.5, 0.6) is 5.75 Å². The fraction of sp³-hybridized carbons (Fsp3) is 0.357. The molecule has 6 nitrogen and oxygen atoms in total. The second-order valence-corrected chi connectivity index (χ2v) is 6.26. The quantitative estimate of drug-likeness (QED) is 0.904. The van der Waals surface area contributed by atoms with E-state index in [1.165, 1.54) is 18.4 Å². The highest BCUT2D eigenvalue weighted by atomic mass is 32.1. The molecule has 0 bridgehead atoms. The van der Waals surface area contributed by atoms with Gasteiger partial charge in [-0.15, -0.1) is 11.3 Å². The van der Waals surface area contributed by atoms with Gasteiger partial charge in [0.2, 0.25) is 5.91 Å². The van der Waals surface area contributed by atoms with Gasteiger partial charge >= 0.3 is 5.97 Å². The summed E-state index contributed by atoms with van der Waals surface area (Å²) in [5.41, 5.74) is 1.37. The van der Waals surface area contributed by atoms with Crippen LogP contribution in [0.2, 0.25) is 0 Å². The van der Waals surface area contributed by atoms with Crippen molar-refractivity contribution < 1.29 is 19.4 Å². The van der Waals surface area contributed by atoms with Crippen molar-refractivity contribution in [3.05, 3.63) is 17.1 Å². The number of carboxylic acid groups (broad SMARTS) is 1. The Kier molecular flexibility index (Phi) is 3.29. The van der Waals surface area contributed by atoms with Crippen LogP contribution in [0.15, 0.2) is 12.1 Å². The molecule has 2 unspecified atom stereocenters. The van der Waals surface area contributed by atoms with Crippen LogP contribution in [-0.2, 0) is 9.59 Å². The molecule has 1 aliphatic rings. The Balaban J connectivity index is 1.86. The van der Waals surface area contributed by atoms with Gasteiger partial charge in [-0.2, -0.15) is 0 Å². The molecule has 7 heteroatoms. The summed E-state index contributed by atoms with van der Waals surface area (Å²) >= 11 is 1.53. The van der Waals surface area contributed by atoms with Crippen molar-refractivity contribution in [3.8, 4) is 5.75 Å². The van der Waals surface area contributed by atoms with E-state index in [0.717, 1.165) is 15.2 Å². The Morgan fingerprint density at radius 2 is 2.19 bits per heavy atom. The minimum Gasteiger partial charge on any atom is -0.494 e. The number of nitrogens with one attached hydrogen (secondary N) is 1. The van der Waals surface area contributed by atoms with Crippen molar-refractivity contribution >= 4 is 39.1 Å². The topological polar surface area (TPSA) is 88.5 Å². The third kappa shape index (κ3) is 2.56. The number of aliphatic carboxylic acids is 1. The minimum absolute atomic E-state index is 0.277. The lowest BCUT2D eigenvalue weighted by atomic mass is 10.2. The summed E-state index contributed by atoms with van der Waals surface area (Å²) in [4.78, 5) is 27.2. The van der Waals surface area contributed by atoms with Crippen molar-refractivity contribution in [1.82, 2.24) is 4.98 Å². The molecule has 1 aromatic carbocycles. The number of aryl methyl sites for hydroxylation is 1. The van der Waals surface area contributed by atoms with Crippen molar-refractivity contribution in [2.45, 2.75) is 13.3 Å². The summed E-state index contributed by atoms with van der Waals surface area (Å²) in [6.07, 6.45) is 0.394. The maximum absolute atomic E-state index is 12.1. The number of carbonyl (C=O) groups is 2. The molecule has 1 heterocycles. The lowest BCUT2D eigenvalue weighted by molar-refractivity contribution is -0.139. The van der Waals surface area contributed by atoms with Gasteiger partial charge < -0.3 is 15.2 Å². The Morgan fingerprint density at radius 3 is 2.81 bits per heavy atom. The van der Waals surface area contributed by atoms with E-state index >= 15 is 0 Å². The van der Waals surface area contributed by atoms with E-state index in [9.17, 15) is 9.59 Å². The highest BCUT2D eigenvalue weighted by molar-refractivity contribution is 7.18. The molecule has 2 atom stereocenters. The van der Waals surface area contributed by atoms with Crippen LogP contribution in [0.1, 0.15) is 11.4 Å². The molecule has 1 fully saturated rings. The van der Waals surface area contributed by atoms with Crippen molar-refractivity contribution in [2.75, 3.05) is 12.4 Å². The first kappa shape index (κ1) is 13.8. The van der Waals surface area contributed by atoms with Crippen LogP contribution in [0.25, 0.3) is 10.2 Å². The van der Waals surface area contributed by atoms with Gasteiger partial charge in [-0.1, -0.05) is 0 Å². The summed E-state index contributed by atoms with van der Waals surface area (Å²) in [7, 11) is 1.52. The standard InChI is InChI=1S/C14H14N2O4S/c1-6-15-10-4-11(20-2)9(5-12(10)21-6)16-13(17)7-3-8(7)14(18)19/h4-5,7-8H,3H2,1-2H3,(H,16,17)(H,18,19). The number of rotatable bonds is 4. The van der Waals surface area contributed by atoms with E-state index in [1.807, 2.05) is 13.0 Å². The van der Waals surface area contributed by atoms with Gasteiger partial charge in [-0.3, -0.25) is 9.59 Å². The summed E-state index contributed by atoms with van der Waals surface area (Å²) in [6, 6.07) is 3.59. The molecular formula is C14H14N2O4S. The maximum Gasteiger partial charge on any atom is 0.307 e. The predicted molar refractivity (Wildman–Crippen MR) is 78.8 cm³/mol. The maximum atomic E-state index is 12.1. The molecule has 110 valence electrons. The van der Waals surface area contributed by atoms with Crippen LogP contribution in [-0.4, -0.2) is 29.1 Å². The number of fused-ring (bicyclic) bond motifs is 1. The van der Waals surface area contributed by atoms with Crippen LogP contribution in [0.4, 0.5) is 5.69 Å². The van der Waals surface area contributed by atoms with E-state index in [1.54, 1.807) is 6.07 Å². The van der Waals surface area contributed by atoms with Crippen molar-refractivity contribution in [2.24, 2.45) is 11.8 Å². The number of hydrogen-bond donors (Lipinski definition) is 2. The first-order valence-electron chi connectivity index (χ1n) is 6.48. The molecule has 1 aliphatic carbocycles. The average molecular weight is 306 g/mol. The second-order valence-electron chi connectivity index (χ2n) is 5.03. The number of hydrogen-bond acceptors (Lipinski definition) is 5. The summed E-state index contributed by atoms with van der Waals surface area (Å²) < 4.78 is 6.22. The number of anilines is 1. The first-order chi connectivity index (χ1) is 9.99. The molecule has 0 radical (unpaired) electrons. The van der Waals surface area contributed by atoms with Gasteiger partial charge in [0.1, 0.15) is 5.75 Å². The molecule has 21 heavy (non-hydrogen) atoms. The second kappa shape index (κ2) is 5.00. The fourth-order valence-electron chi connectivity index (χ4n) is 2.32. The van der Waals surface area contributed by atoms with Crippen LogP contribution in [0.3, 0.4) is 0 Å². The highest BCUT2D eigenvalue weighted by Crippen LogP contribution is 2.40. The Morgan fingerprint density at radius 1 is 1.43 bits per heavy atom. The molecule has 1 amide bonds. The number of amides is 1. The third-order valence-electron chi connectivity index (χ3n) is 3.52. The number of carboxylic acids is 1. The summed E-state index contributed by atoms with van der Waals surface area (Å²) in [5, 5.41) is 12.6. The van der Waals surface area contributed by atoms with Gasteiger partial charge in [0, 0.05) is 6.07 Å². The normalized spacial score (nSPS) is 20.3. The SMILES string of the molecule is COc1cc2nc(C)sc2cc1NC(=O)C1CC1C(=O)O. The Labute approximate surface area is 124 Å². The van der Waals surface area contributed by atoms with Crippen LogP contribution < -0.4 is 10.1 Å². The van der Waals surface area contributed by atoms with Gasteiger partial charge in [0.15, 0.2) is 0 Å². The molecule has 0 spiro atoms. The third-order valence-corrected chi connectivity index (χ3v) is 4.45. The number of ether oxygens (including phenoxy) is 1. The minimum atomic E-state index is -0.921. The average Bonchev–Trinajstić information content (AvgIpc) is 3.15. The highest BCUT2D eigenvalue weighted by Gasteiger charge is 2.48. The first-order valence-corrected chi connectivity index (χ1v) is 7.30. The Hall–Kier alpha value is -2.15. The van der Waals surface area contributed by atoms with Crippen LogP contribution >= 0.6 is 11.3 Å². The number of carbonyl (C=O) groups excluding carboxylic acids is 1. The smallest absolute Gasteiger partial charge is 0.307 e. The molecule has 0 aliphatic heterocycles. The van der Waals surface area contributed by atoms with Gasteiger partial charge in [0.05, 0.1) is 39.9 Å². The van der Waals surface area contributed by atoms with E-state index in [0.29, 0.717) is 17.9 Å². The van der Waals surface area contributed by atoms with E-state index in [2.05, 4.69) is 10.3 Å².